The molecule has 1 aromatic heterocycles. The molecule has 1 aliphatic heterocycles. The molecule has 2 heterocycles. The van der Waals surface area contributed by atoms with Crippen LogP contribution in [0.2, 0.25) is 0 Å². The van der Waals surface area contributed by atoms with Gasteiger partial charge in [0.1, 0.15) is 0 Å². The van der Waals surface area contributed by atoms with E-state index in [9.17, 15) is 4.79 Å². The molecule has 0 amide bonds. The first-order valence-corrected chi connectivity index (χ1v) is 6.68. The highest BCUT2D eigenvalue weighted by molar-refractivity contribution is 5.95. The fraction of sp³-hybridized carbons (Fsp3) is 0.400. The number of likely N-dealkylation sites (tertiary alicyclic amines) is 1. The van der Waals surface area contributed by atoms with Crippen LogP contribution in [0.25, 0.3) is 10.9 Å². The summed E-state index contributed by atoms with van der Waals surface area (Å²) in [6.07, 6.45) is 4.65. The van der Waals surface area contributed by atoms with Gasteiger partial charge < -0.3 is 9.72 Å². The van der Waals surface area contributed by atoms with Gasteiger partial charge in [-0.05, 0) is 43.6 Å². The maximum atomic E-state index is 11.5. The normalized spacial score (nSPS) is 16.1. The molecule has 0 aliphatic carbocycles. The molecule has 2 aromatic rings. The summed E-state index contributed by atoms with van der Waals surface area (Å²) in [5.41, 5.74) is 2.88. The highest BCUT2D eigenvalue weighted by atomic mass is 16.5. The minimum absolute atomic E-state index is 0.294. The number of methoxy groups -OCH3 is 1. The van der Waals surface area contributed by atoms with Crippen LogP contribution in [-0.2, 0) is 11.3 Å². The van der Waals surface area contributed by atoms with Gasteiger partial charge in [-0.1, -0.05) is 6.07 Å². The van der Waals surface area contributed by atoms with Gasteiger partial charge in [-0.2, -0.15) is 0 Å². The van der Waals surface area contributed by atoms with Crippen LogP contribution < -0.4 is 0 Å². The quantitative estimate of drug-likeness (QED) is 0.861. The van der Waals surface area contributed by atoms with Crippen molar-refractivity contribution in [3.63, 3.8) is 0 Å². The summed E-state index contributed by atoms with van der Waals surface area (Å²) >= 11 is 0. The number of ether oxygens (including phenoxy) is 1. The molecule has 1 fully saturated rings. The number of aromatic amines is 1. The van der Waals surface area contributed by atoms with Crippen molar-refractivity contribution in [2.45, 2.75) is 19.4 Å². The Kier molecular flexibility index (Phi) is 3.25. The van der Waals surface area contributed by atoms with Crippen LogP contribution in [-0.4, -0.2) is 36.1 Å². The van der Waals surface area contributed by atoms with Gasteiger partial charge >= 0.3 is 5.97 Å². The average Bonchev–Trinajstić information content (AvgIpc) is 3.08. The molecule has 0 bridgehead atoms. The minimum atomic E-state index is -0.294. The second-order valence-corrected chi connectivity index (χ2v) is 5.05. The van der Waals surface area contributed by atoms with Gasteiger partial charge in [-0.25, -0.2) is 4.79 Å². The molecule has 0 radical (unpaired) electrons. The van der Waals surface area contributed by atoms with E-state index in [0.29, 0.717) is 5.56 Å². The Bertz CT molecular complexity index is 597. The Morgan fingerprint density at radius 2 is 2.16 bits per heavy atom. The predicted molar refractivity (Wildman–Crippen MR) is 74.1 cm³/mol. The number of hydrogen-bond acceptors (Lipinski definition) is 3. The number of esters is 1. The SMILES string of the molecule is COC(=O)c1ccc2c(CN3CCCC3)c[nH]c2c1. The van der Waals surface area contributed by atoms with Gasteiger partial charge in [0.2, 0.25) is 0 Å². The maximum absolute atomic E-state index is 11.5. The lowest BCUT2D eigenvalue weighted by molar-refractivity contribution is 0.0601. The highest BCUT2D eigenvalue weighted by Crippen LogP contribution is 2.22. The van der Waals surface area contributed by atoms with E-state index in [1.54, 1.807) is 0 Å². The third kappa shape index (κ3) is 2.36. The molecular weight excluding hydrogens is 240 g/mol. The van der Waals surface area contributed by atoms with Crippen LogP contribution in [0.3, 0.4) is 0 Å². The lowest BCUT2D eigenvalue weighted by Gasteiger charge is -2.13. The number of carbonyl (C=O) groups is 1. The Hall–Kier alpha value is -1.81. The van der Waals surface area contributed by atoms with E-state index < -0.39 is 0 Å². The van der Waals surface area contributed by atoms with Crippen LogP contribution in [0, 0.1) is 0 Å². The van der Waals surface area contributed by atoms with E-state index in [1.807, 2.05) is 24.4 Å². The molecule has 100 valence electrons. The van der Waals surface area contributed by atoms with E-state index in [4.69, 9.17) is 4.74 Å². The van der Waals surface area contributed by atoms with Gasteiger partial charge in [-0.3, -0.25) is 4.90 Å². The van der Waals surface area contributed by atoms with Crippen LogP contribution in [0.15, 0.2) is 24.4 Å². The number of carbonyl (C=O) groups excluding carboxylic acids is 1. The fourth-order valence-corrected chi connectivity index (χ4v) is 2.74. The lowest BCUT2D eigenvalue weighted by Crippen LogP contribution is -2.18. The number of nitrogens with one attached hydrogen (secondary N) is 1. The van der Waals surface area contributed by atoms with Crippen LogP contribution in [0.4, 0.5) is 0 Å². The zero-order chi connectivity index (χ0) is 13.2. The van der Waals surface area contributed by atoms with Crippen LogP contribution >= 0.6 is 0 Å². The maximum Gasteiger partial charge on any atom is 0.337 e. The first-order valence-electron chi connectivity index (χ1n) is 6.68. The fourth-order valence-electron chi connectivity index (χ4n) is 2.74. The molecule has 1 aliphatic rings. The third-order valence-corrected chi connectivity index (χ3v) is 3.78. The summed E-state index contributed by atoms with van der Waals surface area (Å²) in [6, 6.07) is 5.69. The number of aromatic nitrogens is 1. The molecule has 1 saturated heterocycles. The van der Waals surface area contributed by atoms with Crippen molar-refractivity contribution in [1.82, 2.24) is 9.88 Å². The topological polar surface area (TPSA) is 45.3 Å². The van der Waals surface area contributed by atoms with Crippen molar-refractivity contribution < 1.29 is 9.53 Å². The first-order chi connectivity index (χ1) is 9.28. The summed E-state index contributed by atoms with van der Waals surface area (Å²) in [5, 5.41) is 1.19. The molecule has 0 saturated carbocycles. The number of nitrogens with zero attached hydrogens (tertiary/aromatic N) is 1. The number of fused-ring (bicyclic) bond motifs is 1. The molecule has 0 spiro atoms. The molecule has 0 atom stereocenters. The largest absolute Gasteiger partial charge is 0.465 e. The van der Waals surface area contributed by atoms with Crippen LogP contribution in [0.1, 0.15) is 28.8 Å². The van der Waals surface area contributed by atoms with Crippen molar-refractivity contribution in [2.24, 2.45) is 0 Å². The second-order valence-electron chi connectivity index (χ2n) is 5.05. The predicted octanol–water partition coefficient (Wildman–Crippen LogP) is 2.55. The molecule has 0 unspecified atom stereocenters. The number of hydrogen-bond donors (Lipinski definition) is 1. The molecule has 3 rings (SSSR count). The Morgan fingerprint density at radius 3 is 2.89 bits per heavy atom. The molecule has 4 heteroatoms. The number of rotatable bonds is 3. The summed E-state index contributed by atoms with van der Waals surface area (Å²) < 4.78 is 4.74. The molecule has 19 heavy (non-hydrogen) atoms. The van der Waals surface area contributed by atoms with Gasteiger partial charge in [0.25, 0.3) is 0 Å². The average molecular weight is 258 g/mol. The van der Waals surface area contributed by atoms with E-state index in [-0.39, 0.29) is 5.97 Å². The van der Waals surface area contributed by atoms with Gasteiger partial charge in [0.15, 0.2) is 0 Å². The van der Waals surface area contributed by atoms with Crippen molar-refractivity contribution in [2.75, 3.05) is 20.2 Å². The summed E-state index contributed by atoms with van der Waals surface area (Å²) in [6.45, 7) is 3.36. The van der Waals surface area contributed by atoms with Crippen LogP contribution in [0.5, 0.6) is 0 Å². The zero-order valence-electron chi connectivity index (χ0n) is 11.1. The van der Waals surface area contributed by atoms with E-state index >= 15 is 0 Å². The zero-order valence-corrected chi connectivity index (χ0v) is 11.1. The lowest BCUT2D eigenvalue weighted by atomic mass is 10.1. The van der Waals surface area contributed by atoms with Crippen molar-refractivity contribution >= 4 is 16.9 Å². The third-order valence-electron chi connectivity index (χ3n) is 3.78. The molecular formula is C15H18N2O2. The van der Waals surface area contributed by atoms with Crippen molar-refractivity contribution in [3.8, 4) is 0 Å². The number of H-pyrrole nitrogens is 1. The Labute approximate surface area is 112 Å². The van der Waals surface area contributed by atoms with E-state index in [1.165, 1.54) is 44.0 Å². The molecule has 4 nitrogen and oxygen atoms in total. The minimum Gasteiger partial charge on any atom is -0.465 e. The monoisotopic (exact) mass is 258 g/mol. The van der Waals surface area contributed by atoms with Crippen molar-refractivity contribution in [3.05, 3.63) is 35.5 Å². The number of benzene rings is 1. The van der Waals surface area contributed by atoms with Crippen molar-refractivity contribution in [1.29, 1.82) is 0 Å². The summed E-state index contributed by atoms with van der Waals surface area (Å²) in [4.78, 5) is 17.2. The Morgan fingerprint density at radius 1 is 1.37 bits per heavy atom. The highest BCUT2D eigenvalue weighted by Gasteiger charge is 2.15. The molecule has 1 aromatic carbocycles. The summed E-state index contributed by atoms with van der Waals surface area (Å²) in [5.74, 6) is -0.294. The second kappa shape index (κ2) is 5.05. The van der Waals surface area contributed by atoms with Gasteiger partial charge in [0.05, 0.1) is 12.7 Å². The van der Waals surface area contributed by atoms with Gasteiger partial charge in [-0.15, -0.1) is 0 Å². The standard InChI is InChI=1S/C15H18N2O2/c1-19-15(18)11-4-5-13-12(9-16-14(13)8-11)10-17-6-2-3-7-17/h4-5,8-9,16H,2-3,6-7,10H2,1H3. The van der Waals surface area contributed by atoms with E-state index in [2.05, 4.69) is 9.88 Å². The summed E-state index contributed by atoms with van der Waals surface area (Å²) in [7, 11) is 1.40. The molecule has 1 N–H and O–H groups in total. The first kappa shape index (κ1) is 12.2. The van der Waals surface area contributed by atoms with E-state index in [0.717, 1.165) is 12.1 Å². The van der Waals surface area contributed by atoms with Gasteiger partial charge in [0, 0.05) is 23.6 Å². The smallest absolute Gasteiger partial charge is 0.337 e. The Balaban J connectivity index is 1.88.